The van der Waals surface area contributed by atoms with Gasteiger partial charge in [-0.1, -0.05) is 6.92 Å². The van der Waals surface area contributed by atoms with Crippen LogP contribution in [0, 0.1) is 3.57 Å². The number of imidazole rings is 1. The number of aromatic nitrogens is 4. The molecule has 0 aliphatic rings. The van der Waals surface area contributed by atoms with Gasteiger partial charge >= 0.3 is 0 Å². The minimum absolute atomic E-state index is 0.130. The molecule has 0 aliphatic heterocycles. The molecular weight excluding hydrogens is 469 g/mol. The Hall–Kier alpha value is -2.14. The number of nitrogens with one attached hydrogen (secondary N) is 2. The molecular formula is C19H26IN7O. The number of hydrogen-bond donors (Lipinski definition) is 4. The maximum Gasteiger partial charge on any atom is 0.227 e. The standard InChI is InChI=1S/C19H26IN7O/c1-4-15(11(3)28)24-19-25-17(16-18(26-19)27(5-2)10-23-16)22-9-12-8-13(20)6-7-14(12)21/h6-8,10-11,15,28H,4-5,9,21H2,1-3H3,(H2,22,24,25,26). The lowest BCUT2D eigenvalue weighted by Crippen LogP contribution is -2.31. The van der Waals surface area contributed by atoms with Crippen LogP contribution in [-0.2, 0) is 13.1 Å². The lowest BCUT2D eigenvalue weighted by Gasteiger charge is -2.20. The summed E-state index contributed by atoms with van der Waals surface area (Å²) >= 11 is 2.27. The molecule has 0 aliphatic carbocycles. The van der Waals surface area contributed by atoms with Gasteiger partial charge in [0.15, 0.2) is 17.0 Å². The molecule has 0 saturated carbocycles. The number of aliphatic hydroxyl groups is 1. The third-order valence-corrected chi connectivity index (χ3v) is 5.36. The van der Waals surface area contributed by atoms with E-state index in [-0.39, 0.29) is 6.04 Å². The second-order valence-corrected chi connectivity index (χ2v) is 7.94. The van der Waals surface area contributed by atoms with Crippen molar-refractivity contribution >= 4 is 51.2 Å². The molecule has 150 valence electrons. The van der Waals surface area contributed by atoms with Crippen LogP contribution in [0.3, 0.4) is 0 Å². The molecule has 2 heterocycles. The predicted molar refractivity (Wildman–Crippen MR) is 121 cm³/mol. The van der Waals surface area contributed by atoms with Crippen LogP contribution in [0.1, 0.15) is 32.8 Å². The quantitative estimate of drug-likeness (QED) is 0.280. The van der Waals surface area contributed by atoms with E-state index in [1.165, 1.54) is 0 Å². The van der Waals surface area contributed by atoms with Gasteiger partial charge < -0.3 is 26.0 Å². The second-order valence-electron chi connectivity index (χ2n) is 6.69. The Morgan fingerprint density at radius 2 is 2.07 bits per heavy atom. The summed E-state index contributed by atoms with van der Waals surface area (Å²) in [5.41, 5.74) is 9.29. The fraction of sp³-hybridized carbons (Fsp3) is 0.421. The van der Waals surface area contributed by atoms with Gasteiger partial charge in [0, 0.05) is 22.3 Å². The van der Waals surface area contributed by atoms with Crippen molar-refractivity contribution in [3.05, 3.63) is 33.7 Å². The molecule has 8 nitrogen and oxygen atoms in total. The number of rotatable bonds is 8. The summed E-state index contributed by atoms with van der Waals surface area (Å²) in [5.74, 6) is 1.10. The van der Waals surface area contributed by atoms with Crippen molar-refractivity contribution in [1.82, 2.24) is 19.5 Å². The van der Waals surface area contributed by atoms with Gasteiger partial charge in [0.25, 0.3) is 0 Å². The number of hydrogen-bond acceptors (Lipinski definition) is 7. The molecule has 0 radical (unpaired) electrons. The maximum atomic E-state index is 9.96. The normalized spacial score (nSPS) is 13.5. The van der Waals surface area contributed by atoms with Crippen LogP contribution >= 0.6 is 22.6 Å². The number of aliphatic hydroxyl groups excluding tert-OH is 1. The molecule has 3 aromatic rings. The third kappa shape index (κ3) is 4.46. The van der Waals surface area contributed by atoms with Gasteiger partial charge in [0.1, 0.15) is 0 Å². The highest BCUT2D eigenvalue weighted by Crippen LogP contribution is 2.24. The van der Waals surface area contributed by atoms with Crippen molar-refractivity contribution in [1.29, 1.82) is 0 Å². The summed E-state index contributed by atoms with van der Waals surface area (Å²) < 4.78 is 3.09. The van der Waals surface area contributed by atoms with E-state index in [2.05, 4.69) is 48.2 Å². The second kappa shape index (κ2) is 8.91. The highest BCUT2D eigenvalue weighted by atomic mass is 127. The number of nitrogen functional groups attached to an aromatic ring is 1. The minimum Gasteiger partial charge on any atom is -0.398 e. The van der Waals surface area contributed by atoms with Gasteiger partial charge in [-0.25, -0.2) is 4.98 Å². The van der Waals surface area contributed by atoms with Crippen LogP contribution < -0.4 is 16.4 Å². The molecule has 5 N–H and O–H groups in total. The van der Waals surface area contributed by atoms with Gasteiger partial charge in [-0.2, -0.15) is 9.97 Å². The number of fused-ring (bicyclic) bond motifs is 1. The van der Waals surface area contributed by atoms with Crippen LogP contribution in [-0.4, -0.2) is 36.8 Å². The Morgan fingerprint density at radius 1 is 1.29 bits per heavy atom. The van der Waals surface area contributed by atoms with Gasteiger partial charge in [0.05, 0.1) is 18.5 Å². The van der Waals surface area contributed by atoms with E-state index < -0.39 is 6.10 Å². The summed E-state index contributed by atoms with van der Waals surface area (Å²) in [6, 6.07) is 5.80. The van der Waals surface area contributed by atoms with Crippen LogP contribution in [0.5, 0.6) is 0 Å². The lowest BCUT2D eigenvalue weighted by atomic mass is 10.1. The van der Waals surface area contributed by atoms with Crippen molar-refractivity contribution in [2.24, 2.45) is 0 Å². The average molecular weight is 495 g/mol. The number of nitrogens with two attached hydrogens (primary N) is 1. The van der Waals surface area contributed by atoms with Crippen LogP contribution in [0.15, 0.2) is 24.5 Å². The van der Waals surface area contributed by atoms with Gasteiger partial charge in [-0.3, -0.25) is 0 Å². The van der Waals surface area contributed by atoms with Crippen molar-refractivity contribution in [2.75, 3.05) is 16.4 Å². The van der Waals surface area contributed by atoms with Gasteiger partial charge in [-0.05, 0) is 66.6 Å². The van der Waals surface area contributed by atoms with Gasteiger partial charge in [-0.15, -0.1) is 0 Å². The summed E-state index contributed by atoms with van der Waals surface area (Å²) in [7, 11) is 0. The summed E-state index contributed by atoms with van der Waals surface area (Å²) in [6.45, 7) is 7.10. The summed E-state index contributed by atoms with van der Waals surface area (Å²) in [4.78, 5) is 13.7. The zero-order valence-corrected chi connectivity index (χ0v) is 18.4. The van der Waals surface area contributed by atoms with Crippen LogP contribution in [0.2, 0.25) is 0 Å². The average Bonchev–Trinajstić information content (AvgIpc) is 3.09. The van der Waals surface area contributed by atoms with Crippen molar-refractivity contribution < 1.29 is 5.11 Å². The summed E-state index contributed by atoms with van der Waals surface area (Å²) in [5, 5.41) is 16.6. The van der Waals surface area contributed by atoms with Crippen LogP contribution in [0.4, 0.5) is 17.5 Å². The Morgan fingerprint density at radius 3 is 2.75 bits per heavy atom. The number of aryl methyl sites for hydroxylation is 1. The molecule has 9 heteroatoms. The van der Waals surface area contributed by atoms with Crippen molar-refractivity contribution in [3.8, 4) is 0 Å². The van der Waals surface area contributed by atoms with E-state index >= 15 is 0 Å². The monoisotopic (exact) mass is 495 g/mol. The smallest absolute Gasteiger partial charge is 0.227 e. The number of halogens is 1. The van der Waals surface area contributed by atoms with E-state index in [4.69, 9.17) is 5.73 Å². The molecule has 0 spiro atoms. The zero-order valence-electron chi connectivity index (χ0n) is 16.3. The van der Waals surface area contributed by atoms with E-state index in [9.17, 15) is 5.11 Å². The molecule has 0 saturated heterocycles. The highest BCUT2D eigenvalue weighted by Gasteiger charge is 2.17. The molecule has 2 aromatic heterocycles. The molecule has 28 heavy (non-hydrogen) atoms. The Bertz CT molecular complexity index is 957. The molecule has 2 unspecified atom stereocenters. The first-order chi connectivity index (χ1) is 13.4. The minimum atomic E-state index is -0.511. The van der Waals surface area contributed by atoms with E-state index in [1.54, 1.807) is 13.3 Å². The number of nitrogens with zero attached hydrogens (tertiary/aromatic N) is 4. The first-order valence-electron chi connectivity index (χ1n) is 9.38. The van der Waals surface area contributed by atoms with Crippen molar-refractivity contribution in [3.63, 3.8) is 0 Å². The SMILES string of the molecule is CCC(Nc1nc(NCc2cc(I)ccc2N)c2ncn(CC)c2n1)C(C)O. The highest BCUT2D eigenvalue weighted by molar-refractivity contribution is 14.1. The topological polar surface area (TPSA) is 114 Å². The number of benzene rings is 1. The van der Waals surface area contributed by atoms with Crippen molar-refractivity contribution in [2.45, 2.75) is 52.4 Å². The fourth-order valence-corrected chi connectivity index (χ4v) is 3.56. The largest absolute Gasteiger partial charge is 0.398 e. The van der Waals surface area contributed by atoms with Gasteiger partial charge in [0.2, 0.25) is 5.95 Å². The van der Waals surface area contributed by atoms with E-state index in [0.29, 0.717) is 23.8 Å². The zero-order chi connectivity index (χ0) is 20.3. The Balaban J connectivity index is 1.95. The molecule has 0 bridgehead atoms. The molecule has 2 atom stereocenters. The fourth-order valence-electron chi connectivity index (χ4n) is 3.00. The van der Waals surface area contributed by atoms with E-state index in [0.717, 1.165) is 33.4 Å². The van der Waals surface area contributed by atoms with Crippen LogP contribution in [0.25, 0.3) is 11.2 Å². The maximum absolute atomic E-state index is 9.96. The molecule has 0 amide bonds. The lowest BCUT2D eigenvalue weighted by molar-refractivity contribution is 0.169. The first kappa shape index (κ1) is 20.6. The molecule has 3 rings (SSSR count). The first-order valence-corrected chi connectivity index (χ1v) is 10.5. The molecule has 1 aromatic carbocycles. The Labute approximate surface area is 178 Å². The molecule has 0 fully saturated rings. The predicted octanol–water partition coefficient (Wildman–Crippen LogP) is 3.22. The number of anilines is 3. The van der Waals surface area contributed by atoms with E-state index in [1.807, 2.05) is 36.6 Å². The summed E-state index contributed by atoms with van der Waals surface area (Å²) in [6.07, 6.45) is 2.01. The Kier molecular flexibility index (Phi) is 6.55. The third-order valence-electron chi connectivity index (χ3n) is 4.69.